The summed E-state index contributed by atoms with van der Waals surface area (Å²) in [5.74, 6) is -1.31. The SMILES string of the molecule is COC1CC(Nc2cccc(C(=O)O)c2[N+](=O)[O-])C1(C)C. The second kappa shape index (κ2) is 5.33. The first-order valence-corrected chi connectivity index (χ1v) is 6.59. The molecule has 0 aliphatic heterocycles. The van der Waals surface area contributed by atoms with E-state index in [2.05, 4.69) is 5.32 Å². The Morgan fingerprint density at radius 3 is 2.67 bits per heavy atom. The van der Waals surface area contributed by atoms with E-state index in [1.807, 2.05) is 13.8 Å². The van der Waals surface area contributed by atoms with Gasteiger partial charge in [-0.3, -0.25) is 10.1 Å². The third-order valence-electron chi connectivity index (χ3n) is 4.24. The highest BCUT2D eigenvalue weighted by atomic mass is 16.6. The van der Waals surface area contributed by atoms with Crippen molar-refractivity contribution in [1.29, 1.82) is 0 Å². The Morgan fingerprint density at radius 2 is 2.19 bits per heavy atom. The number of hydrogen-bond donors (Lipinski definition) is 2. The van der Waals surface area contributed by atoms with Gasteiger partial charge >= 0.3 is 11.7 Å². The van der Waals surface area contributed by atoms with Crippen LogP contribution in [0.4, 0.5) is 11.4 Å². The van der Waals surface area contributed by atoms with E-state index in [4.69, 9.17) is 9.84 Å². The van der Waals surface area contributed by atoms with E-state index in [-0.39, 0.29) is 28.8 Å². The summed E-state index contributed by atoms with van der Waals surface area (Å²) in [6.07, 6.45) is 0.800. The first kappa shape index (κ1) is 15.2. The molecule has 0 bridgehead atoms. The maximum atomic E-state index is 11.2. The van der Waals surface area contributed by atoms with Crippen molar-refractivity contribution in [3.8, 4) is 0 Å². The number of aromatic carboxylic acids is 1. The maximum absolute atomic E-state index is 11.2. The van der Waals surface area contributed by atoms with Crippen LogP contribution >= 0.6 is 0 Å². The zero-order valence-electron chi connectivity index (χ0n) is 12.1. The summed E-state index contributed by atoms with van der Waals surface area (Å²) in [4.78, 5) is 21.7. The molecule has 0 aromatic heterocycles. The number of hydrogen-bond acceptors (Lipinski definition) is 5. The topological polar surface area (TPSA) is 102 Å². The Labute approximate surface area is 122 Å². The van der Waals surface area contributed by atoms with Crippen LogP contribution in [0.15, 0.2) is 18.2 Å². The Hall–Kier alpha value is -2.15. The number of anilines is 1. The van der Waals surface area contributed by atoms with Crippen molar-refractivity contribution in [2.45, 2.75) is 32.4 Å². The zero-order chi connectivity index (χ0) is 15.8. The van der Waals surface area contributed by atoms with Gasteiger partial charge in [-0.1, -0.05) is 19.9 Å². The van der Waals surface area contributed by atoms with Crippen LogP contribution in [-0.2, 0) is 4.74 Å². The van der Waals surface area contributed by atoms with Crippen LogP contribution in [0, 0.1) is 15.5 Å². The van der Waals surface area contributed by atoms with Crippen molar-refractivity contribution in [3.63, 3.8) is 0 Å². The number of benzene rings is 1. The van der Waals surface area contributed by atoms with Gasteiger partial charge in [0.25, 0.3) is 0 Å². The van der Waals surface area contributed by atoms with E-state index in [1.165, 1.54) is 18.2 Å². The van der Waals surface area contributed by atoms with Gasteiger partial charge in [0.15, 0.2) is 0 Å². The van der Waals surface area contributed by atoms with Crippen LogP contribution in [0.1, 0.15) is 30.6 Å². The Balaban J connectivity index is 2.32. The van der Waals surface area contributed by atoms with Gasteiger partial charge in [0.05, 0.1) is 11.0 Å². The van der Waals surface area contributed by atoms with E-state index >= 15 is 0 Å². The molecule has 0 saturated heterocycles. The predicted molar refractivity (Wildman–Crippen MR) is 76.7 cm³/mol. The quantitative estimate of drug-likeness (QED) is 0.639. The zero-order valence-corrected chi connectivity index (χ0v) is 12.1. The van der Waals surface area contributed by atoms with Crippen molar-refractivity contribution >= 4 is 17.3 Å². The lowest BCUT2D eigenvalue weighted by atomic mass is 9.64. The van der Waals surface area contributed by atoms with Crippen LogP contribution in [-0.4, -0.2) is 35.3 Å². The second-order valence-electron chi connectivity index (χ2n) is 5.74. The molecule has 0 heterocycles. The molecule has 7 nitrogen and oxygen atoms in total. The number of rotatable bonds is 5. The molecule has 1 aromatic carbocycles. The summed E-state index contributed by atoms with van der Waals surface area (Å²) >= 11 is 0. The highest BCUT2D eigenvalue weighted by Gasteiger charge is 2.49. The van der Waals surface area contributed by atoms with E-state index in [0.29, 0.717) is 0 Å². The smallest absolute Gasteiger partial charge is 0.342 e. The number of carboxylic acid groups (broad SMARTS) is 1. The van der Waals surface area contributed by atoms with Gasteiger partial charge in [0, 0.05) is 18.6 Å². The molecule has 2 N–H and O–H groups in total. The van der Waals surface area contributed by atoms with E-state index < -0.39 is 16.6 Å². The number of methoxy groups -OCH3 is 1. The number of ether oxygens (including phenoxy) is 1. The molecule has 2 atom stereocenters. The van der Waals surface area contributed by atoms with E-state index in [1.54, 1.807) is 7.11 Å². The molecular formula is C14H18N2O5. The van der Waals surface area contributed by atoms with E-state index in [0.717, 1.165) is 6.42 Å². The molecule has 1 fully saturated rings. The molecule has 1 saturated carbocycles. The molecular weight excluding hydrogens is 276 g/mol. The Bertz CT molecular complexity index is 585. The van der Waals surface area contributed by atoms with E-state index in [9.17, 15) is 14.9 Å². The molecule has 114 valence electrons. The van der Waals surface area contributed by atoms with Gasteiger partial charge in [0.2, 0.25) is 0 Å². The fourth-order valence-corrected chi connectivity index (χ4v) is 2.75. The summed E-state index contributed by atoms with van der Waals surface area (Å²) in [6, 6.07) is 4.25. The Kier molecular flexibility index (Phi) is 3.87. The molecule has 7 heteroatoms. The van der Waals surface area contributed by atoms with Crippen molar-refractivity contribution < 1.29 is 19.6 Å². The van der Waals surface area contributed by atoms with Crippen LogP contribution in [0.25, 0.3) is 0 Å². The van der Waals surface area contributed by atoms with Gasteiger partial charge in [-0.05, 0) is 18.6 Å². The predicted octanol–water partition coefficient (Wildman–Crippen LogP) is 2.52. The average molecular weight is 294 g/mol. The standard InChI is InChI=1S/C14H18N2O5/c1-14(2)10(7-11(14)21-3)15-9-6-4-5-8(13(17)18)12(9)16(19)20/h4-6,10-11,15H,7H2,1-3H3,(H,17,18). The largest absolute Gasteiger partial charge is 0.477 e. The van der Waals surface area contributed by atoms with Crippen LogP contribution in [0.2, 0.25) is 0 Å². The molecule has 1 aliphatic carbocycles. The maximum Gasteiger partial charge on any atom is 0.342 e. The highest BCUT2D eigenvalue weighted by Crippen LogP contribution is 2.45. The van der Waals surface area contributed by atoms with Crippen molar-refractivity contribution in [1.82, 2.24) is 0 Å². The first-order valence-electron chi connectivity index (χ1n) is 6.59. The van der Waals surface area contributed by atoms with Crippen LogP contribution in [0.3, 0.4) is 0 Å². The summed E-state index contributed by atoms with van der Waals surface area (Å²) in [7, 11) is 1.64. The number of carboxylic acids is 1. The van der Waals surface area contributed by atoms with Crippen LogP contribution < -0.4 is 5.32 Å². The first-order chi connectivity index (χ1) is 9.78. The highest BCUT2D eigenvalue weighted by molar-refractivity contribution is 5.95. The van der Waals surface area contributed by atoms with Gasteiger partial charge in [-0.15, -0.1) is 0 Å². The van der Waals surface area contributed by atoms with Crippen molar-refractivity contribution in [2.75, 3.05) is 12.4 Å². The van der Waals surface area contributed by atoms with Crippen molar-refractivity contribution in [3.05, 3.63) is 33.9 Å². The summed E-state index contributed by atoms with van der Waals surface area (Å²) in [5, 5.41) is 23.4. The summed E-state index contributed by atoms with van der Waals surface area (Å²) < 4.78 is 5.34. The minimum atomic E-state index is -1.31. The molecule has 2 rings (SSSR count). The fourth-order valence-electron chi connectivity index (χ4n) is 2.75. The number of para-hydroxylation sites is 1. The second-order valence-corrected chi connectivity index (χ2v) is 5.74. The lowest BCUT2D eigenvalue weighted by molar-refractivity contribution is -0.384. The molecule has 2 unspecified atom stereocenters. The minimum absolute atomic E-state index is 0.00908. The molecule has 0 spiro atoms. The molecule has 21 heavy (non-hydrogen) atoms. The summed E-state index contributed by atoms with van der Waals surface area (Å²) in [5.41, 5.74) is -0.665. The average Bonchev–Trinajstić information content (AvgIpc) is 2.42. The lowest BCUT2D eigenvalue weighted by Crippen LogP contribution is -2.57. The monoisotopic (exact) mass is 294 g/mol. The molecule has 1 aliphatic rings. The third kappa shape index (κ3) is 2.56. The van der Waals surface area contributed by atoms with Gasteiger partial charge in [0.1, 0.15) is 11.3 Å². The van der Waals surface area contributed by atoms with Crippen molar-refractivity contribution in [2.24, 2.45) is 5.41 Å². The minimum Gasteiger partial charge on any atom is -0.477 e. The fraction of sp³-hybridized carbons (Fsp3) is 0.500. The number of nitro groups is 1. The molecule has 1 aromatic rings. The van der Waals surface area contributed by atoms with Gasteiger partial charge in [-0.25, -0.2) is 4.79 Å². The summed E-state index contributed by atoms with van der Waals surface area (Å²) in [6.45, 7) is 4.02. The van der Waals surface area contributed by atoms with Crippen LogP contribution in [0.5, 0.6) is 0 Å². The number of nitrogens with zero attached hydrogens (tertiary/aromatic N) is 1. The Morgan fingerprint density at radius 1 is 1.52 bits per heavy atom. The van der Waals surface area contributed by atoms with Gasteiger partial charge < -0.3 is 15.2 Å². The third-order valence-corrected chi connectivity index (χ3v) is 4.24. The molecule has 0 amide bonds. The number of carbonyl (C=O) groups is 1. The lowest BCUT2D eigenvalue weighted by Gasteiger charge is -2.51. The normalized spacial score (nSPS) is 23.2. The number of nitro benzene ring substituents is 1. The molecule has 0 radical (unpaired) electrons. The van der Waals surface area contributed by atoms with Gasteiger partial charge in [-0.2, -0.15) is 0 Å². The number of nitrogens with one attached hydrogen (secondary N) is 1.